The minimum Gasteiger partial charge on any atom is -0.330 e. The summed E-state index contributed by atoms with van der Waals surface area (Å²) in [6, 6.07) is 0. The molecule has 3 nitrogen and oxygen atoms in total. The van der Waals surface area contributed by atoms with Crippen molar-refractivity contribution in [3.8, 4) is 0 Å². The highest BCUT2D eigenvalue weighted by molar-refractivity contribution is 7.99. The van der Waals surface area contributed by atoms with E-state index in [1.807, 2.05) is 6.92 Å². The molecule has 86 valence electrons. The van der Waals surface area contributed by atoms with E-state index in [1.54, 1.807) is 11.8 Å². The molecule has 0 amide bonds. The normalized spacial score (nSPS) is 14.2. The maximum atomic E-state index is 11.5. The summed E-state index contributed by atoms with van der Waals surface area (Å²) in [5.74, 6) is 2.62. The van der Waals surface area contributed by atoms with Crippen molar-refractivity contribution in [2.75, 3.05) is 29.6 Å². The summed E-state index contributed by atoms with van der Waals surface area (Å²) in [5.41, 5.74) is 5.39. The van der Waals surface area contributed by atoms with E-state index in [0.29, 0.717) is 12.3 Å². The molecule has 0 aliphatic rings. The van der Waals surface area contributed by atoms with Gasteiger partial charge in [-0.15, -0.1) is 0 Å². The lowest BCUT2D eigenvalue weighted by Crippen LogP contribution is -2.23. The minimum atomic E-state index is -2.87. The van der Waals surface area contributed by atoms with Gasteiger partial charge in [0, 0.05) is 0 Å². The summed E-state index contributed by atoms with van der Waals surface area (Å²) in [6.45, 7) is 4.40. The standard InChI is InChI=1S/C9H21NO2S2/c1-3-13-5-4-6-14(11,12)8-9(2)7-10/h9H,3-8,10H2,1-2H3. The molecule has 0 heterocycles. The lowest BCUT2D eigenvalue weighted by molar-refractivity contribution is 0.573. The van der Waals surface area contributed by atoms with Gasteiger partial charge >= 0.3 is 0 Å². The van der Waals surface area contributed by atoms with Crippen molar-refractivity contribution < 1.29 is 8.42 Å². The Labute approximate surface area is 91.7 Å². The molecule has 0 saturated heterocycles. The van der Waals surface area contributed by atoms with Crippen LogP contribution in [0.1, 0.15) is 20.3 Å². The summed E-state index contributed by atoms with van der Waals surface area (Å²) in [7, 11) is -2.87. The third-order valence-electron chi connectivity index (χ3n) is 1.89. The average Bonchev–Trinajstić information content (AvgIpc) is 2.12. The largest absolute Gasteiger partial charge is 0.330 e. The van der Waals surface area contributed by atoms with Crippen LogP contribution in [0.25, 0.3) is 0 Å². The number of sulfone groups is 1. The highest BCUT2D eigenvalue weighted by Crippen LogP contribution is 2.06. The molecular weight excluding hydrogens is 218 g/mol. The van der Waals surface area contributed by atoms with Gasteiger partial charge in [-0.1, -0.05) is 13.8 Å². The van der Waals surface area contributed by atoms with Gasteiger partial charge in [-0.3, -0.25) is 0 Å². The summed E-state index contributed by atoms with van der Waals surface area (Å²) in [5, 5.41) is 0. The van der Waals surface area contributed by atoms with E-state index in [2.05, 4.69) is 6.92 Å². The molecule has 5 heteroatoms. The second-order valence-electron chi connectivity index (χ2n) is 3.51. The van der Waals surface area contributed by atoms with Gasteiger partial charge in [-0.2, -0.15) is 11.8 Å². The summed E-state index contributed by atoms with van der Waals surface area (Å²) < 4.78 is 23.0. The lowest BCUT2D eigenvalue weighted by atomic mass is 10.2. The maximum Gasteiger partial charge on any atom is 0.150 e. The Morgan fingerprint density at radius 3 is 2.57 bits per heavy atom. The van der Waals surface area contributed by atoms with Crippen molar-refractivity contribution in [3.05, 3.63) is 0 Å². The van der Waals surface area contributed by atoms with Crippen LogP contribution in [0.4, 0.5) is 0 Å². The van der Waals surface area contributed by atoms with Gasteiger partial charge in [0.1, 0.15) is 0 Å². The summed E-state index contributed by atoms with van der Waals surface area (Å²) >= 11 is 1.78. The topological polar surface area (TPSA) is 60.2 Å². The first-order valence-electron chi connectivity index (χ1n) is 5.00. The van der Waals surface area contributed by atoms with Crippen molar-refractivity contribution in [1.82, 2.24) is 0 Å². The first kappa shape index (κ1) is 14.3. The van der Waals surface area contributed by atoms with Crippen LogP contribution in [0.3, 0.4) is 0 Å². The van der Waals surface area contributed by atoms with Gasteiger partial charge in [-0.25, -0.2) is 8.42 Å². The zero-order chi connectivity index (χ0) is 11.0. The van der Waals surface area contributed by atoms with Crippen molar-refractivity contribution in [1.29, 1.82) is 0 Å². The molecule has 0 rings (SSSR count). The van der Waals surface area contributed by atoms with Crippen LogP contribution < -0.4 is 5.73 Å². The van der Waals surface area contributed by atoms with Crippen molar-refractivity contribution in [3.63, 3.8) is 0 Å². The van der Waals surface area contributed by atoms with Gasteiger partial charge in [0.2, 0.25) is 0 Å². The zero-order valence-corrected chi connectivity index (χ0v) is 10.7. The minimum absolute atomic E-state index is 0.0822. The molecule has 0 bridgehead atoms. The fourth-order valence-electron chi connectivity index (χ4n) is 1.11. The van der Waals surface area contributed by atoms with E-state index in [-0.39, 0.29) is 11.7 Å². The number of nitrogens with two attached hydrogens (primary N) is 1. The molecule has 0 aliphatic carbocycles. The Morgan fingerprint density at radius 1 is 1.43 bits per heavy atom. The molecule has 0 fully saturated rings. The molecular formula is C9H21NO2S2. The molecule has 1 atom stereocenters. The first-order chi connectivity index (χ1) is 6.52. The van der Waals surface area contributed by atoms with Crippen molar-refractivity contribution in [2.45, 2.75) is 20.3 Å². The number of hydrogen-bond donors (Lipinski definition) is 1. The number of rotatable bonds is 8. The van der Waals surface area contributed by atoms with Crippen LogP contribution in [0.2, 0.25) is 0 Å². The smallest absolute Gasteiger partial charge is 0.150 e. The van der Waals surface area contributed by atoms with Gasteiger partial charge in [0.15, 0.2) is 9.84 Å². The highest BCUT2D eigenvalue weighted by Gasteiger charge is 2.14. The van der Waals surface area contributed by atoms with Gasteiger partial charge in [-0.05, 0) is 30.4 Å². The summed E-state index contributed by atoms with van der Waals surface area (Å²) in [6.07, 6.45) is 0.762. The Hall–Kier alpha value is 0.260. The first-order valence-corrected chi connectivity index (χ1v) is 7.97. The molecule has 0 aromatic rings. The quantitative estimate of drug-likeness (QED) is 0.645. The molecule has 14 heavy (non-hydrogen) atoms. The molecule has 0 aromatic heterocycles. The number of hydrogen-bond acceptors (Lipinski definition) is 4. The van der Waals surface area contributed by atoms with Crippen LogP contribution >= 0.6 is 11.8 Å². The fraction of sp³-hybridized carbons (Fsp3) is 1.00. The molecule has 0 radical (unpaired) electrons. The van der Waals surface area contributed by atoms with Gasteiger partial charge in [0.25, 0.3) is 0 Å². The SMILES string of the molecule is CCSCCCS(=O)(=O)CC(C)CN. The highest BCUT2D eigenvalue weighted by atomic mass is 32.2. The fourth-order valence-corrected chi connectivity index (χ4v) is 3.68. The van der Waals surface area contributed by atoms with E-state index in [0.717, 1.165) is 17.9 Å². The van der Waals surface area contributed by atoms with E-state index < -0.39 is 9.84 Å². The number of thioether (sulfide) groups is 1. The van der Waals surface area contributed by atoms with Crippen LogP contribution in [0, 0.1) is 5.92 Å². The monoisotopic (exact) mass is 239 g/mol. The van der Waals surface area contributed by atoms with Crippen LogP contribution in [0.5, 0.6) is 0 Å². The summed E-state index contributed by atoms with van der Waals surface area (Å²) in [4.78, 5) is 0. The van der Waals surface area contributed by atoms with E-state index in [4.69, 9.17) is 5.73 Å². The molecule has 0 spiro atoms. The zero-order valence-electron chi connectivity index (χ0n) is 9.03. The van der Waals surface area contributed by atoms with Gasteiger partial charge in [0.05, 0.1) is 11.5 Å². The lowest BCUT2D eigenvalue weighted by Gasteiger charge is -2.08. The molecule has 0 saturated carbocycles. The predicted molar refractivity (Wildman–Crippen MR) is 64.5 cm³/mol. The Kier molecular flexibility index (Phi) is 7.68. The van der Waals surface area contributed by atoms with E-state index >= 15 is 0 Å². The van der Waals surface area contributed by atoms with E-state index in [9.17, 15) is 8.42 Å². The molecule has 2 N–H and O–H groups in total. The molecule has 0 aromatic carbocycles. The van der Waals surface area contributed by atoms with Crippen LogP contribution in [-0.2, 0) is 9.84 Å². The third kappa shape index (κ3) is 7.64. The molecule has 1 unspecified atom stereocenters. The van der Waals surface area contributed by atoms with E-state index in [1.165, 1.54) is 0 Å². The second-order valence-corrected chi connectivity index (χ2v) is 7.13. The second kappa shape index (κ2) is 7.54. The Bertz CT molecular complexity index is 227. The van der Waals surface area contributed by atoms with Crippen LogP contribution in [0.15, 0.2) is 0 Å². The maximum absolute atomic E-state index is 11.5. The predicted octanol–water partition coefficient (Wildman–Crippen LogP) is 1.14. The van der Waals surface area contributed by atoms with Gasteiger partial charge < -0.3 is 5.73 Å². The Morgan fingerprint density at radius 2 is 2.07 bits per heavy atom. The van der Waals surface area contributed by atoms with Crippen molar-refractivity contribution in [2.24, 2.45) is 11.7 Å². The van der Waals surface area contributed by atoms with Crippen LogP contribution in [-0.4, -0.2) is 38.0 Å². The molecule has 0 aliphatic heterocycles. The van der Waals surface area contributed by atoms with Crippen molar-refractivity contribution >= 4 is 21.6 Å². The average molecular weight is 239 g/mol. The Balaban J connectivity index is 3.73. The third-order valence-corrected chi connectivity index (χ3v) is 4.86.